The monoisotopic (exact) mass is 388 g/mol. The molecule has 0 aromatic heterocycles. The lowest BCUT2D eigenvalue weighted by atomic mass is 10.1. The van der Waals surface area contributed by atoms with Gasteiger partial charge >= 0.3 is 0 Å². The third kappa shape index (κ3) is 5.08. The van der Waals surface area contributed by atoms with Gasteiger partial charge in [-0.05, 0) is 23.3 Å². The second-order valence-corrected chi connectivity index (χ2v) is 8.52. The Morgan fingerprint density at radius 1 is 0.926 bits per heavy atom. The number of amides is 1. The number of hydrogen-bond donors (Lipinski definition) is 0. The lowest BCUT2D eigenvalue weighted by Gasteiger charge is -2.34. The van der Waals surface area contributed by atoms with Crippen molar-refractivity contribution in [3.05, 3.63) is 65.7 Å². The minimum Gasteiger partial charge on any atom is -0.497 e. The van der Waals surface area contributed by atoms with Gasteiger partial charge in [-0.25, -0.2) is 8.42 Å². The largest absolute Gasteiger partial charge is 0.497 e. The summed E-state index contributed by atoms with van der Waals surface area (Å²) in [7, 11) is -1.77. The maximum absolute atomic E-state index is 12.6. The van der Waals surface area contributed by atoms with Crippen LogP contribution in [0.15, 0.2) is 54.6 Å². The smallest absolute Gasteiger partial charge is 0.227 e. The molecule has 0 bridgehead atoms. The summed E-state index contributed by atoms with van der Waals surface area (Å²) in [5.41, 5.74) is 1.69. The fraction of sp³-hybridized carbons (Fsp3) is 0.350. The Bertz CT molecular complexity index is 859. The Morgan fingerprint density at radius 3 is 2.15 bits per heavy atom. The van der Waals surface area contributed by atoms with E-state index in [1.807, 2.05) is 54.6 Å². The average molecular weight is 388 g/mol. The van der Waals surface area contributed by atoms with Gasteiger partial charge in [-0.15, -0.1) is 0 Å². The predicted octanol–water partition coefficient (Wildman–Crippen LogP) is 1.91. The Kier molecular flexibility index (Phi) is 6.13. The van der Waals surface area contributed by atoms with Crippen LogP contribution in [-0.2, 0) is 27.0 Å². The highest BCUT2D eigenvalue weighted by molar-refractivity contribution is 7.88. The van der Waals surface area contributed by atoms with Crippen molar-refractivity contribution in [3.63, 3.8) is 0 Å². The molecule has 1 heterocycles. The summed E-state index contributed by atoms with van der Waals surface area (Å²) in [6, 6.07) is 16.6. The molecule has 7 heteroatoms. The summed E-state index contributed by atoms with van der Waals surface area (Å²) in [5, 5.41) is 0. The van der Waals surface area contributed by atoms with Crippen LogP contribution in [0.4, 0.5) is 0 Å². The lowest BCUT2D eigenvalue weighted by molar-refractivity contribution is -0.131. The second kappa shape index (κ2) is 8.54. The van der Waals surface area contributed by atoms with Gasteiger partial charge in [-0.2, -0.15) is 4.31 Å². The van der Waals surface area contributed by atoms with Crippen LogP contribution in [0, 0.1) is 0 Å². The normalized spacial score (nSPS) is 15.5. The molecule has 1 aliphatic heterocycles. The summed E-state index contributed by atoms with van der Waals surface area (Å²) < 4.78 is 31.8. The van der Waals surface area contributed by atoms with Crippen molar-refractivity contribution in [2.45, 2.75) is 12.2 Å². The molecule has 0 aliphatic carbocycles. The molecule has 1 aliphatic rings. The van der Waals surface area contributed by atoms with Gasteiger partial charge in [0.2, 0.25) is 15.9 Å². The predicted molar refractivity (Wildman–Crippen MR) is 104 cm³/mol. The third-order valence-corrected chi connectivity index (χ3v) is 6.54. The van der Waals surface area contributed by atoms with E-state index < -0.39 is 10.0 Å². The Morgan fingerprint density at radius 2 is 1.56 bits per heavy atom. The molecular formula is C20H24N2O4S. The van der Waals surface area contributed by atoms with Gasteiger partial charge in [0.15, 0.2) is 0 Å². The van der Waals surface area contributed by atoms with Gasteiger partial charge < -0.3 is 9.64 Å². The van der Waals surface area contributed by atoms with Crippen molar-refractivity contribution in [2.24, 2.45) is 0 Å². The molecule has 1 amide bonds. The fourth-order valence-electron chi connectivity index (χ4n) is 3.12. The number of piperazine rings is 1. The molecule has 6 nitrogen and oxygen atoms in total. The van der Waals surface area contributed by atoms with Gasteiger partial charge in [0.05, 0.1) is 19.3 Å². The molecule has 0 unspecified atom stereocenters. The van der Waals surface area contributed by atoms with Crippen LogP contribution >= 0.6 is 0 Å². The third-order valence-electron chi connectivity index (χ3n) is 4.69. The zero-order valence-electron chi connectivity index (χ0n) is 15.4. The van der Waals surface area contributed by atoms with Gasteiger partial charge in [-0.1, -0.05) is 42.5 Å². The topological polar surface area (TPSA) is 66.9 Å². The summed E-state index contributed by atoms with van der Waals surface area (Å²) >= 11 is 0. The fourth-order valence-corrected chi connectivity index (χ4v) is 4.64. The van der Waals surface area contributed by atoms with Crippen LogP contribution < -0.4 is 4.74 Å². The summed E-state index contributed by atoms with van der Waals surface area (Å²) in [6.45, 7) is 1.51. The molecule has 144 valence electrons. The van der Waals surface area contributed by atoms with Crippen LogP contribution in [0.2, 0.25) is 0 Å². The number of nitrogens with zero attached hydrogens (tertiary/aromatic N) is 2. The summed E-state index contributed by atoms with van der Waals surface area (Å²) in [4.78, 5) is 14.2. The number of sulfonamides is 1. The van der Waals surface area contributed by atoms with E-state index in [1.165, 1.54) is 4.31 Å². The minimum absolute atomic E-state index is 0.00631. The second-order valence-electron chi connectivity index (χ2n) is 6.55. The first-order chi connectivity index (χ1) is 13.0. The van der Waals surface area contributed by atoms with Crippen LogP contribution in [0.3, 0.4) is 0 Å². The van der Waals surface area contributed by atoms with E-state index in [1.54, 1.807) is 12.0 Å². The highest BCUT2D eigenvalue weighted by Gasteiger charge is 2.28. The number of ether oxygens (including phenoxy) is 1. The van der Waals surface area contributed by atoms with E-state index in [4.69, 9.17) is 4.74 Å². The molecule has 2 aromatic carbocycles. The van der Waals surface area contributed by atoms with Crippen LogP contribution in [-0.4, -0.2) is 56.8 Å². The van der Waals surface area contributed by atoms with Crippen molar-refractivity contribution in [1.82, 2.24) is 9.21 Å². The first kappa shape index (κ1) is 19.4. The molecule has 3 rings (SSSR count). The average Bonchev–Trinajstić information content (AvgIpc) is 2.69. The van der Waals surface area contributed by atoms with Gasteiger partial charge in [0.1, 0.15) is 5.75 Å². The molecule has 27 heavy (non-hydrogen) atoms. The number of benzene rings is 2. The highest BCUT2D eigenvalue weighted by atomic mass is 32.2. The van der Waals surface area contributed by atoms with E-state index in [-0.39, 0.29) is 11.7 Å². The van der Waals surface area contributed by atoms with Crippen molar-refractivity contribution < 1.29 is 17.9 Å². The molecule has 1 saturated heterocycles. The SMILES string of the molecule is COc1ccc(CC(=O)N2CCN(S(=O)(=O)Cc3ccccc3)CC2)cc1. The number of rotatable bonds is 6. The number of carbonyl (C=O) groups is 1. The molecular weight excluding hydrogens is 364 g/mol. The van der Waals surface area contributed by atoms with E-state index in [2.05, 4.69) is 0 Å². The first-order valence-corrected chi connectivity index (χ1v) is 10.5. The van der Waals surface area contributed by atoms with Gasteiger partial charge in [0.25, 0.3) is 0 Å². The molecule has 0 radical (unpaired) electrons. The first-order valence-electron chi connectivity index (χ1n) is 8.90. The highest BCUT2D eigenvalue weighted by Crippen LogP contribution is 2.16. The molecule has 2 aromatic rings. The maximum atomic E-state index is 12.6. The Hall–Kier alpha value is -2.38. The van der Waals surface area contributed by atoms with Crippen LogP contribution in [0.25, 0.3) is 0 Å². The molecule has 0 N–H and O–H groups in total. The minimum atomic E-state index is -3.37. The quantitative estimate of drug-likeness (QED) is 0.758. The maximum Gasteiger partial charge on any atom is 0.227 e. The van der Waals surface area contributed by atoms with Crippen molar-refractivity contribution >= 4 is 15.9 Å². The van der Waals surface area contributed by atoms with Gasteiger partial charge in [-0.3, -0.25) is 4.79 Å². The molecule has 0 spiro atoms. The van der Waals surface area contributed by atoms with E-state index in [9.17, 15) is 13.2 Å². The Labute approximate surface area is 160 Å². The number of hydrogen-bond acceptors (Lipinski definition) is 4. The van der Waals surface area contributed by atoms with Gasteiger partial charge in [0, 0.05) is 26.2 Å². The lowest BCUT2D eigenvalue weighted by Crippen LogP contribution is -2.51. The number of carbonyl (C=O) groups excluding carboxylic acids is 1. The standard InChI is InChI=1S/C20H24N2O4S/c1-26-19-9-7-17(8-10-19)15-20(23)21-11-13-22(14-12-21)27(24,25)16-18-5-3-2-4-6-18/h2-10H,11-16H2,1H3. The molecule has 0 saturated carbocycles. The van der Waals surface area contributed by atoms with E-state index in [0.29, 0.717) is 32.6 Å². The summed E-state index contributed by atoms with van der Waals surface area (Å²) in [5.74, 6) is 0.761. The van der Waals surface area contributed by atoms with E-state index in [0.717, 1.165) is 16.9 Å². The Balaban J connectivity index is 1.53. The summed E-state index contributed by atoms with van der Waals surface area (Å²) in [6.07, 6.45) is 0.306. The zero-order valence-corrected chi connectivity index (χ0v) is 16.2. The van der Waals surface area contributed by atoms with Crippen molar-refractivity contribution in [2.75, 3.05) is 33.3 Å². The zero-order chi connectivity index (χ0) is 19.3. The van der Waals surface area contributed by atoms with Crippen LogP contribution in [0.1, 0.15) is 11.1 Å². The number of methoxy groups -OCH3 is 1. The molecule has 1 fully saturated rings. The van der Waals surface area contributed by atoms with Crippen LogP contribution in [0.5, 0.6) is 5.75 Å². The molecule has 0 atom stereocenters. The van der Waals surface area contributed by atoms with Crippen molar-refractivity contribution in [3.8, 4) is 5.75 Å². The van der Waals surface area contributed by atoms with Crippen molar-refractivity contribution in [1.29, 1.82) is 0 Å². The van der Waals surface area contributed by atoms with E-state index >= 15 is 0 Å².